The zero-order valence-corrected chi connectivity index (χ0v) is 10.4. The summed E-state index contributed by atoms with van der Waals surface area (Å²) in [4.78, 5) is 10.4. The first kappa shape index (κ1) is 15.7. The van der Waals surface area contributed by atoms with Crippen molar-refractivity contribution in [2.75, 3.05) is 13.2 Å². The van der Waals surface area contributed by atoms with Crippen LogP contribution in [0.4, 0.5) is 4.79 Å². The molecule has 0 bridgehead atoms. The number of carbonyl (C=O) groups is 1. The van der Waals surface area contributed by atoms with Crippen LogP contribution in [0, 0.1) is 0 Å². The minimum atomic E-state index is -0.695. The Morgan fingerprint density at radius 2 is 1.50 bits per heavy atom. The van der Waals surface area contributed by atoms with Crippen LogP contribution in [-0.2, 0) is 9.47 Å². The van der Waals surface area contributed by atoms with Crippen LogP contribution in [0.5, 0.6) is 0 Å². The van der Waals surface area contributed by atoms with E-state index >= 15 is 0 Å². The molecular weight excluding hydrogens is 228 g/mol. The molecule has 0 aliphatic heterocycles. The molecule has 0 aliphatic carbocycles. The maximum absolute atomic E-state index is 10.4. The molecule has 96 valence electrons. The molecule has 0 unspecified atom stereocenters. The van der Waals surface area contributed by atoms with Gasteiger partial charge in [-0.25, -0.2) is 4.79 Å². The van der Waals surface area contributed by atoms with Crippen molar-refractivity contribution < 1.29 is 14.3 Å². The molecule has 0 spiro atoms. The molecule has 0 radical (unpaired) electrons. The van der Waals surface area contributed by atoms with E-state index < -0.39 is 6.16 Å². The van der Waals surface area contributed by atoms with Crippen molar-refractivity contribution >= 4 is 12.2 Å². The molecule has 0 N–H and O–H groups in total. The summed E-state index contributed by atoms with van der Waals surface area (Å²) >= 11 is 0. The fourth-order valence-corrected chi connectivity index (χ4v) is 0.885. The third-order valence-electron chi connectivity index (χ3n) is 1.67. The minimum Gasteiger partial charge on any atom is -0.430 e. The fourth-order valence-electron chi connectivity index (χ4n) is 0.885. The topological polar surface area (TPSA) is 35.5 Å². The highest BCUT2D eigenvalue weighted by Crippen LogP contribution is 1.97. The van der Waals surface area contributed by atoms with E-state index in [1.165, 1.54) is 17.7 Å². The summed E-state index contributed by atoms with van der Waals surface area (Å²) in [5.74, 6) is 0. The smallest absolute Gasteiger partial charge is 0.430 e. The maximum atomic E-state index is 10.4. The Kier molecular flexibility index (Phi) is 9.78. The van der Waals surface area contributed by atoms with Crippen LogP contribution >= 0.6 is 0 Å². The van der Waals surface area contributed by atoms with Gasteiger partial charge in [-0.3, -0.25) is 0 Å². The monoisotopic (exact) mass is 246 g/mol. The number of hydrogen-bond acceptors (Lipinski definition) is 3. The Balaban J connectivity index is 0.000000327. The van der Waals surface area contributed by atoms with Gasteiger partial charge in [-0.05, 0) is 5.56 Å². The van der Waals surface area contributed by atoms with Crippen molar-refractivity contribution in [3.8, 4) is 0 Å². The molecule has 3 nitrogen and oxygen atoms in total. The lowest BCUT2D eigenvalue weighted by Crippen LogP contribution is -2.06. The maximum Gasteiger partial charge on any atom is 0.508 e. The Morgan fingerprint density at radius 3 is 1.83 bits per heavy atom. The van der Waals surface area contributed by atoms with Gasteiger partial charge >= 0.3 is 6.16 Å². The first-order chi connectivity index (χ1) is 8.74. The second kappa shape index (κ2) is 11.2. The third kappa shape index (κ3) is 8.97. The summed E-state index contributed by atoms with van der Waals surface area (Å²) in [6.45, 7) is 10.7. The van der Waals surface area contributed by atoms with Crippen LogP contribution in [-0.4, -0.2) is 19.4 Å². The van der Waals surface area contributed by atoms with Gasteiger partial charge in [0.25, 0.3) is 0 Å². The summed E-state index contributed by atoms with van der Waals surface area (Å²) in [5.41, 5.74) is 1.17. The van der Waals surface area contributed by atoms with Gasteiger partial charge in [0.2, 0.25) is 0 Å². The molecule has 0 amide bonds. The molecule has 0 saturated carbocycles. The van der Waals surface area contributed by atoms with Crippen LogP contribution in [0.2, 0.25) is 0 Å². The molecule has 0 fully saturated rings. The summed E-state index contributed by atoms with van der Waals surface area (Å²) in [5, 5.41) is 0. The quantitative estimate of drug-likeness (QED) is 0.585. The molecule has 0 heterocycles. The van der Waals surface area contributed by atoms with E-state index in [9.17, 15) is 4.79 Å². The van der Waals surface area contributed by atoms with Gasteiger partial charge in [0, 0.05) is 0 Å². The van der Waals surface area contributed by atoms with Gasteiger partial charge in [0.1, 0.15) is 13.2 Å². The fraction of sp³-hybridized carbons (Fsp3) is 0.133. The Labute approximate surface area is 108 Å². The summed E-state index contributed by atoms with van der Waals surface area (Å²) in [6, 6.07) is 10.0. The number of ether oxygens (including phenoxy) is 2. The van der Waals surface area contributed by atoms with Crippen molar-refractivity contribution in [2.45, 2.75) is 0 Å². The van der Waals surface area contributed by atoms with Crippen molar-refractivity contribution in [3.63, 3.8) is 0 Å². The molecule has 3 heteroatoms. The lowest BCUT2D eigenvalue weighted by molar-refractivity contribution is 0.0718. The highest BCUT2D eigenvalue weighted by Gasteiger charge is 1.97. The Morgan fingerprint density at radius 1 is 1.00 bits per heavy atom. The van der Waals surface area contributed by atoms with Crippen LogP contribution < -0.4 is 0 Å². The van der Waals surface area contributed by atoms with Gasteiger partial charge < -0.3 is 9.47 Å². The Bertz CT molecular complexity index is 355. The highest BCUT2D eigenvalue weighted by atomic mass is 16.7. The molecule has 0 aromatic heterocycles. The van der Waals surface area contributed by atoms with E-state index in [0.717, 1.165) is 0 Å². The second-order valence-corrected chi connectivity index (χ2v) is 3.06. The van der Waals surface area contributed by atoms with Crippen LogP contribution in [0.3, 0.4) is 0 Å². The first-order valence-electron chi connectivity index (χ1n) is 5.43. The molecule has 1 aromatic rings. The molecule has 1 rings (SSSR count). The van der Waals surface area contributed by atoms with Crippen LogP contribution in [0.25, 0.3) is 6.08 Å². The van der Waals surface area contributed by atoms with E-state index in [0.29, 0.717) is 0 Å². The van der Waals surface area contributed by atoms with Crippen molar-refractivity contribution in [1.82, 2.24) is 0 Å². The van der Waals surface area contributed by atoms with E-state index in [-0.39, 0.29) is 13.2 Å². The van der Waals surface area contributed by atoms with E-state index in [1.807, 2.05) is 36.4 Å². The largest absolute Gasteiger partial charge is 0.508 e. The summed E-state index contributed by atoms with van der Waals surface area (Å²) in [7, 11) is 0. The SMILES string of the molecule is C=CCOC(=O)OCC=C.C=Cc1ccccc1. The predicted molar refractivity (Wildman–Crippen MR) is 74.2 cm³/mol. The predicted octanol–water partition coefficient (Wildman–Crippen LogP) is 3.84. The zero-order chi connectivity index (χ0) is 13.6. The van der Waals surface area contributed by atoms with Gasteiger partial charge in [-0.15, -0.1) is 0 Å². The van der Waals surface area contributed by atoms with Crippen LogP contribution in [0.1, 0.15) is 5.56 Å². The Hall–Kier alpha value is -2.29. The number of benzene rings is 1. The minimum absolute atomic E-state index is 0.177. The van der Waals surface area contributed by atoms with E-state index in [4.69, 9.17) is 0 Å². The molecule has 18 heavy (non-hydrogen) atoms. The van der Waals surface area contributed by atoms with E-state index in [2.05, 4.69) is 29.2 Å². The number of hydrogen-bond donors (Lipinski definition) is 0. The summed E-state index contributed by atoms with van der Waals surface area (Å²) in [6.07, 6.45) is 4.07. The first-order valence-corrected chi connectivity index (χ1v) is 5.43. The highest BCUT2D eigenvalue weighted by molar-refractivity contribution is 5.60. The standard InChI is InChI=1S/C8H8.C7H10O3/c1-2-8-6-4-3-5-7-8;1-3-5-9-7(8)10-6-4-2/h2-7H,1H2;3-4H,1-2,5-6H2. The normalized spacial score (nSPS) is 8.22. The molecule has 1 aromatic carbocycles. The van der Waals surface area contributed by atoms with Gasteiger partial charge in [0.15, 0.2) is 0 Å². The lowest BCUT2D eigenvalue weighted by Gasteiger charge is -1.99. The van der Waals surface area contributed by atoms with Gasteiger partial charge in [-0.1, -0.05) is 68.3 Å². The number of rotatable bonds is 5. The van der Waals surface area contributed by atoms with Crippen molar-refractivity contribution in [3.05, 3.63) is 67.8 Å². The van der Waals surface area contributed by atoms with Gasteiger partial charge in [-0.2, -0.15) is 0 Å². The average Bonchev–Trinajstić information content (AvgIpc) is 2.44. The van der Waals surface area contributed by atoms with Crippen LogP contribution in [0.15, 0.2) is 62.2 Å². The second-order valence-electron chi connectivity index (χ2n) is 3.06. The zero-order valence-electron chi connectivity index (χ0n) is 10.4. The van der Waals surface area contributed by atoms with E-state index in [1.54, 1.807) is 0 Å². The van der Waals surface area contributed by atoms with Crippen molar-refractivity contribution in [1.29, 1.82) is 0 Å². The van der Waals surface area contributed by atoms with Crippen molar-refractivity contribution in [2.24, 2.45) is 0 Å². The number of carbonyl (C=O) groups excluding carboxylic acids is 1. The lowest BCUT2D eigenvalue weighted by atomic mass is 10.2. The summed E-state index contributed by atoms with van der Waals surface area (Å²) < 4.78 is 8.93. The molecule has 0 saturated heterocycles. The molecular formula is C15H18O3. The molecule has 0 atom stereocenters. The average molecular weight is 246 g/mol. The molecule has 0 aliphatic rings. The van der Waals surface area contributed by atoms with Gasteiger partial charge in [0.05, 0.1) is 0 Å². The third-order valence-corrected chi connectivity index (χ3v) is 1.67.